The summed E-state index contributed by atoms with van der Waals surface area (Å²) in [7, 11) is -0.307. The first-order valence-electron chi connectivity index (χ1n) is 6.10. The van der Waals surface area contributed by atoms with Crippen molar-refractivity contribution in [2.75, 3.05) is 27.2 Å². The van der Waals surface area contributed by atoms with Gasteiger partial charge in [-0.25, -0.2) is 9.97 Å². The van der Waals surface area contributed by atoms with Crippen molar-refractivity contribution in [2.24, 2.45) is 0 Å². The number of hydrogen-bond acceptors (Lipinski definition) is 5. The van der Waals surface area contributed by atoms with Crippen LogP contribution in [-0.2, 0) is 10.2 Å². The summed E-state index contributed by atoms with van der Waals surface area (Å²) in [6.07, 6.45) is 4.44. The lowest BCUT2D eigenvalue weighted by Gasteiger charge is -2.33. The molecule has 0 radical (unpaired) electrons. The maximum absolute atomic E-state index is 12.1. The fourth-order valence-electron chi connectivity index (χ4n) is 1.96. The first kappa shape index (κ1) is 14.2. The van der Waals surface area contributed by atoms with E-state index in [0.717, 1.165) is 12.8 Å². The largest absolute Gasteiger partial charge is 0.473 e. The summed E-state index contributed by atoms with van der Waals surface area (Å²) in [5, 5.41) is 0. The first-order valence-corrected chi connectivity index (χ1v) is 7.50. The minimum Gasteiger partial charge on any atom is -0.473 e. The summed E-state index contributed by atoms with van der Waals surface area (Å²) in [5.41, 5.74) is 0. The molecule has 2 rings (SSSR count). The minimum atomic E-state index is -3.37. The fraction of sp³-hybridized carbons (Fsp3) is 0.636. The molecule has 0 aliphatic carbocycles. The summed E-state index contributed by atoms with van der Waals surface area (Å²) in [4.78, 5) is 7.80. The van der Waals surface area contributed by atoms with Crippen LogP contribution in [0.2, 0.25) is 0 Å². The molecule has 1 aromatic rings. The van der Waals surface area contributed by atoms with Gasteiger partial charge >= 0.3 is 0 Å². The second-order valence-corrected chi connectivity index (χ2v) is 6.72. The number of rotatable bonds is 4. The predicted molar refractivity (Wildman–Crippen MR) is 69.9 cm³/mol. The normalized spacial score (nSPS) is 21.5. The fourth-order valence-corrected chi connectivity index (χ4v) is 3.14. The van der Waals surface area contributed by atoms with Gasteiger partial charge < -0.3 is 4.74 Å². The van der Waals surface area contributed by atoms with Gasteiger partial charge in [0.25, 0.3) is 10.2 Å². The first-order chi connectivity index (χ1) is 9.00. The van der Waals surface area contributed by atoms with Gasteiger partial charge in [0, 0.05) is 32.9 Å². The molecule has 8 heteroatoms. The molecule has 0 saturated carbocycles. The average molecular weight is 286 g/mol. The number of ether oxygens (including phenoxy) is 1. The van der Waals surface area contributed by atoms with Crippen molar-refractivity contribution < 1.29 is 13.2 Å². The topological polar surface area (TPSA) is 75.6 Å². The van der Waals surface area contributed by atoms with E-state index >= 15 is 0 Å². The molecule has 0 aromatic carbocycles. The Kier molecular flexibility index (Phi) is 4.33. The van der Waals surface area contributed by atoms with Crippen molar-refractivity contribution in [1.82, 2.24) is 18.6 Å². The van der Waals surface area contributed by atoms with Gasteiger partial charge in [-0.3, -0.25) is 0 Å². The molecule has 0 spiro atoms. The number of nitrogens with zero attached hydrogens (tertiary/aromatic N) is 4. The molecule has 0 bridgehead atoms. The van der Waals surface area contributed by atoms with Crippen molar-refractivity contribution in [3.8, 4) is 5.88 Å². The molecule has 1 fully saturated rings. The zero-order chi connectivity index (χ0) is 13.9. The minimum absolute atomic E-state index is 0.168. The quantitative estimate of drug-likeness (QED) is 0.786. The average Bonchev–Trinajstić information content (AvgIpc) is 2.40. The molecule has 1 unspecified atom stereocenters. The van der Waals surface area contributed by atoms with E-state index in [1.807, 2.05) is 0 Å². The lowest BCUT2D eigenvalue weighted by Crippen LogP contribution is -2.48. The maximum Gasteiger partial charge on any atom is 0.281 e. The highest BCUT2D eigenvalue weighted by Gasteiger charge is 2.31. The molecule has 7 nitrogen and oxygen atoms in total. The van der Waals surface area contributed by atoms with Crippen molar-refractivity contribution in [1.29, 1.82) is 0 Å². The van der Waals surface area contributed by atoms with E-state index in [-0.39, 0.29) is 6.10 Å². The highest BCUT2D eigenvalue weighted by atomic mass is 32.2. The Hall–Kier alpha value is -1.25. The van der Waals surface area contributed by atoms with E-state index in [0.29, 0.717) is 19.0 Å². The summed E-state index contributed by atoms with van der Waals surface area (Å²) in [6, 6.07) is 1.67. The van der Waals surface area contributed by atoms with Crippen LogP contribution in [0, 0.1) is 0 Å². The smallest absolute Gasteiger partial charge is 0.281 e. The molecular weight excluding hydrogens is 268 g/mol. The third kappa shape index (κ3) is 3.40. The Morgan fingerprint density at radius 1 is 1.47 bits per heavy atom. The summed E-state index contributed by atoms with van der Waals surface area (Å²) in [6.45, 7) is 0.884. The molecular formula is C11H18N4O3S. The Balaban J connectivity index is 2.02. The van der Waals surface area contributed by atoms with Crippen LogP contribution in [0.4, 0.5) is 0 Å². The van der Waals surface area contributed by atoms with Crippen LogP contribution in [0.15, 0.2) is 18.6 Å². The molecule has 2 heterocycles. The third-order valence-corrected chi connectivity index (χ3v) is 4.88. The van der Waals surface area contributed by atoms with Crippen LogP contribution in [-0.4, -0.2) is 60.3 Å². The summed E-state index contributed by atoms with van der Waals surface area (Å²) >= 11 is 0. The highest BCUT2D eigenvalue weighted by Crippen LogP contribution is 2.19. The Morgan fingerprint density at radius 2 is 2.26 bits per heavy atom. The number of aromatic nitrogens is 2. The van der Waals surface area contributed by atoms with E-state index in [9.17, 15) is 8.42 Å². The second kappa shape index (κ2) is 5.81. The highest BCUT2D eigenvalue weighted by molar-refractivity contribution is 7.86. The Bertz CT molecular complexity index is 506. The molecule has 0 amide bonds. The summed E-state index contributed by atoms with van der Waals surface area (Å²) < 4.78 is 32.5. The lowest BCUT2D eigenvalue weighted by atomic mass is 10.1. The maximum atomic E-state index is 12.1. The van der Waals surface area contributed by atoms with Crippen LogP contribution in [0.5, 0.6) is 5.88 Å². The second-order valence-electron chi connectivity index (χ2n) is 4.58. The van der Waals surface area contributed by atoms with Gasteiger partial charge in [0.2, 0.25) is 5.88 Å². The SMILES string of the molecule is CN(C)S(=O)(=O)N1CCCC(Oc2ccncn2)C1. The van der Waals surface area contributed by atoms with E-state index in [2.05, 4.69) is 9.97 Å². The van der Waals surface area contributed by atoms with E-state index in [1.165, 1.54) is 29.0 Å². The van der Waals surface area contributed by atoms with Crippen molar-refractivity contribution >= 4 is 10.2 Å². The van der Waals surface area contributed by atoms with Gasteiger partial charge in [-0.2, -0.15) is 17.0 Å². The van der Waals surface area contributed by atoms with Gasteiger partial charge in [-0.05, 0) is 12.8 Å². The molecule has 1 aliphatic heterocycles. The van der Waals surface area contributed by atoms with Crippen molar-refractivity contribution in [3.63, 3.8) is 0 Å². The standard InChI is InChI=1S/C11H18N4O3S/c1-14(2)19(16,17)15-7-3-4-10(8-15)18-11-5-6-12-9-13-11/h5-6,9-10H,3-4,7-8H2,1-2H3. The van der Waals surface area contributed by atoms with E-state index in [4.69, 9.17) is 4.74 Å². The molecule has 19 heavy (non-hydrogen) atoms. The monoisotopic (exact) mass is 286 g/mol. The van der Waals surface area contributed by atoms with Gasteiger partial charge in [0.1, 0.15) is 12.4 Å². The molecule has 106 valence electrons. The van der Waals surface area contributed by atoms with Crippen LogP contribution in [0.3, 0.4) is 0 Å². The third-order valence-electron chi connectivity index (χ3n) is 2.97. The number of hydrogen-bond donors (Lipinski definition) is 0. The molecule has 1 aliphatic rings. The van der Waals surface area contributed by atoms with Gasteiger partial charge in [-0.1, -0.05) is 0 Å². The number of piperidine rings is 1. The van der Waals surface area contributed by atoms with Crippen LogP contribution >= 0.6 is 0 Å². The van der Waals surface area contributed by atoms with Gasteiger partial charge in [0.15, 0.2) is 0 Å². The zero-order valence-corrected chi connectivity index (χ0v) is 11.9. The van der Waals surface area contributed by atoms with Gasteiger partial charge in [0.05, 0.1) is 6.54 Å². The molecule has 0 N–H and O–H groups in total. The van der Waals surface area contributed by atoms with Gasteiger partial charge in [-0.15, -0.1) is 0 Å². The van der Waals surface area contributed by atoms with E-state index < -0.39 is 10.2 Å². The lowest BCUT2D eigenvalue weighted by molar-refractivity contribution is 0.122. The van der Waals surface area contributed by atoms with Crippen molar-refractivity contribution in [2.45, 2.75) is 18.9 Å². The Morgan fingerprint density at radius 3 is 2.89 bits per heavy atom. The zero-order valence-electron chi connectivity index (χ0n) is 11.1. The predicted octanol–water partition coefficient (Wildman–Crippen LogP) is 0.126. The Labute approximate surface area is 113 Å². The summed E-state index contributed by atoms with van der Waals surface area (Å²) in [5.74, 6) is 0.476. The van der Waals surface area contributed by atoms with E-state index in [1.54, 1.807) is 12.3 Å². The van der Waals surface area contributed by atoms with Crippen LogP contribution in [0.1, 0.15) is 12.8 Å². The van der Waals surface area contributed by atoms with Crippen LogP contribution < -0.4 is 4.74 Å². The molecule has 1 saturated heterocycles. The molecule has 1 atom stereocenters. The van der Waals surface area contributed by atoms with Crippen LogP contribution in [0.25, 0.3) is 0 Å². The van der Waals surface area contributed by atoms with Crippen molar-refractivity contribution in [3.05, 3.63) is 18.6 Å². The molecule has 1 aromatic heterocycles.